The fraction of sp³-hybridized carbons (Fsp3) is 0. The Balaban J connectivity index is 2.33. The molecule has 0 bridgehead atoms. The van der Waals surface area contributed by atoms with E-state index < -0.39 is 0 Å². The Morgan fingerprint density at radius 1 is 1.19 bits per heavy atom. The molecule has 0 aromatic carbocycles. The van der Waals surface area contributed by atoms with Crippen LogP contribution < -0.4 is 5.73 Å². The molecule has 2 rings (SSSR count). The highest BCUT2D eigenvalue weighted by atomic mass is 32.2. The predicted molar refractivity (Wildman–Crippen MR) is 61.7 cm³/mol. The minimum Gasteiger partial charge on any atom is -0.395 e. The van der Waals surface area contributed by atoms with Crippen molar-refractivity contribution in [3.8, 4) is 6.07 Å². The first-order valence-electron chi connectivity index (χ1n) is 4.53. The van der Waals surface area contributed by atoms with Crippen LogP contribution in [-0.2, 0) is 0 Å². The Morgan fingerprint density at radius 2 is 1.94 bits per heavy atom. The van der Waals surface area contributed by atoms with Gasteiger partial charge >= 0.3 is 0 Å². The van der Waals surface area contributed by atoms with Gasteiger partial charge in [-0.2, -0.15) is 5.26 Å². The van der Waals surface area contributed by atoms with Crippen LogP contribution in [0, 0.1) is 11.3 Å². The number of hydrogen-bond acceptors (Lipinski definition) is 5. The molecule has 0 spiro atoms. The summed E-state index contributed by atoms with van der Waals surface area (Å²) >= 11 is 1.42. The lowest BCUT2D eigenvalue weighted by Gasteiger charge is -2.04. The zero-order valence-electron chi connectivity index (χ0n) is 8.29. The topological polar surface area (TPSA) is 75.6 Å². The van der Waals surface area contributed by atoms with E-state index in [2.05, 4.69) is 9.97 Å². The summed E-state index contributed by atoms with van der Waals surface area (Å²) < 4.78 is 0. The Labute approximate surface area is 97.1 Å². The molecule has 4 nitrogen and oxygen atoms in total. The zero-order chi connectivity index (χ0) is 11.4. The van der Waals surface area contributed by atoms with Crippen LogP contribution in [0.25, 0.3) is 0 Å². The number of nitriles is 1. The molecule has 0 aliphatic heterocycles. The smallest absolute Gasteiger partial charge is 0.125 e. The van der Waals surface area contributed by atoms with Crippen LogP contribution in [0.2, 0.25) is 0 Å². The van der Waals surface area contributed by atoms with Gasteiger partial charge in [-0.15, -0.1) is 0 Å². The van der Waals surface area contributed by atoms with Gasteiger partial charge in [0.1, 0.15) is 11.1 Å². The van der Waals surface area contributed by atoms with Gasteiger partial charge in [0.15, 0.2) is 0 Å². The first kappa shape index (κ1) is 10.5. The minimum atomic E-state index is 0.423. The van der Waals surface area contributed by atoms with E-state index in [-0.39, 0.29) is 0 Å². The van der Waals surface area contributed by atoms with Crippen LogP contribution in [0.5, 0.6) is 0 Å². The van der Waals surface area contributed by atoms with E-state index in [0.29, 0.717) is 16.3 Å². The molecule has 0 atom stereocenters. The number of nitrogen functional groups attached to an aromatic ring is 1. The lowest BCUT2D eigenvalue weighted by molar-refractivity contribution is 1.13. The quantitative estimate of drug-likeness (QED) is 0.851. The number of nitrogens with zero attached hydrogens (tertiary/aromatic N) is 3. The lowest BCUT2D eigenvalue weighted by Crippen LogP contribution is -1.95. The van der Waals surface area contributed by atoms with E-state index in [9.17, 15) is 0 Å². The summed E-state index contributed by atoms with van der Waals surface area (Å²) in [5.74, 6) is 0. The first-order valence-corrected chi connectivity index (χ1v) is 5.35. The van der Waals surface area contributed by atoms with E-state index in [1.807, 2.05) is 18.2 Å². The van der Waals surface area contributed by atoms with Gasteiger partial charge in [0.05, 0.1) is 11.3 Å². The van der Waals surface area contributed by atoms with Gasteiger partial charge in [-0.05, 0) is 18.2 Å². The second-order valence-electron chi connectivity index (χ2n) is 2.97. The second-order valence-corrected chi connectivity index (χ2v) is 4.04. The molecular formula is C11H8N4S. The Morgan fingerprint density at radius 3 is 2.62 bits per heavy atom. The van der Waals surface area contributed by atoms with Crippen LogP contribution >= 0.6 is 11.8 Å². The third-order valence-electron chi connectivity index (χ3n) is 1.94. The minimum absolute atomic E-state index is 0.423. The highest BCUT2D eigenvalue weighted by Crippen LogP contribution is 2.30. The van der Waals surface area contributed by atoms with Crippen molar-refractivity contribution in [1.82, 2.24) is 9.97 Å². The zero-order valence-corrected chi connectivity index (χ0v) is 9.11. The number of rotatable bonds is 2. The second kappa shape index (κ2) is 4.64. The maximum Gasteiger partial charge on any atom is 0.125 e. The summed E-state index contributed by atoms with van der Waals surface area (Å²) in [4.78, 5) is 9.06. The molecule has 2 N–H and O–H groups in total. The van der Waals surface area contributed by atoms with Crippen molar-refractivity contribution in [1.29, 1.82) is 5.26 Å². The summed E-state index contributed by atoms with van der Waals surface area (Å²) in [6, 6.07) is 7.37. The SMILES string of the molecule is N#Cc1ccnc(Sc2ccncc2)c1N. The normalized spacial score (nSPS) is 9.69. The summed E-state index contributed by atoms with van der Waals surface area (Å²) in [5.41, 5.74) is 6.69. The van der Waals surface area contributed by atoms with Crippen molar-refractivity contribution < 1.29 is 0 Å². The summed E-state index contributed by atoms with van der Waals surface area (Å²) in [7, 11) is 0. The van der Waals surface area contributed by atoms with Gasteiger partial charge in [0.25, 0.3) is 0 Å². The fourth-order valence-electron chi connectivity index (χ4n) is 1.15. The molecular weight excluding hydrogens is 220 g/mol. The largest absolute Gasteiger partial charge is 0.395 e. The van der Waals surface area contributed by atoms with Crippen molar-refractivity contribution >= 4 is 17.4 Å². The van der Waals surface area contributed by atoms with Gasteiger partial charge in [-0.25, -0.2) is 4.98 Å². The molecule has 16 heavy (non-hydrogen) atoms. The van der Waals surface area contributed by atoms with E-state index >= 15 is 0 Å². The Kier molecular flexibility index (Phi) is 3.03. The van der Waals surface area contributed by atoms with Crippen molar-refractivity contribution in [2.45, 2.75) is 9.92 Å². The molecule has 2 aromatic rings. The van der Waals surface area contributed by atoms with Crippen molar-refractivity contribution in [2.24, 2.45) is 0 Å². The van der Waals surface area contributed by atoms with Crippen LogP contribution in [-0.4, -0.2) is 9.97 Å². The van der Waals surface area contributed by atoms with Crippen molar-refractivity contribution in [3.63, 3.8) is 0 Å². The highest BCUT2D eigenvalue weighted by molar-refractivity contribution is 7.99. The third-order valence-corrected chi connectivity index (χ3v) is 2.96. The van der Waals surface area contributed by atoms with Gasteiger partial charge in [0, 0.05) is 23.5 Å². The Hall–Kier alpha value is -2.06. The monoisotopic (exact) mass is 228 g/mol. The number of pyridine rings is 2. The summed E-state index contributed by atoms with van der Waals surface area (Å²) in [5, 5.41) is 9.48. The molecule has 0 fully saturated rings. The summed E-state index contributed by atoms with van der Waals surface area (Å²) in [6.45, 7) is 0. The van der Waals surface area contributed by atoms with Crippen LogP contribution in [0.1, 0.15) is 5.56 Å². The number of hydrogen-bond donors (Lipinski definition) is 1. The van der Waals surface area contributed by atoms with E-state index in [1.165, 1.54) is 11.8 Å². The molecule has 0 aliphatic rings. The lowest BCUT2D eigenvalue weighted by atomic mass is 10.2. The molecule has 0 saturated heterocycles. The average molecular weight is 228 g/mol. The third kappa shape index (κ3) is 2.12. The molecule has 0 amide bonds. The van der Waals surface area contributed by atoms with E-state index in [4.69, 9.17) is 11.0 Å². The van der Waals surface area contributed by atoms with Crippen LogP contribution in [0.15, 0.2) is 46.7 Å². The van der Waals surface area contributed by atoms with E-state index in [0.717, 1.165) is 4.90 Å². The standard InChI is InChI=1S/C11H8N4S/c12-7-8-1-6-15-11(10(8)13)16-9-2-4-14-5-3-9/h1-6H,13H2. The predicted octanol–water partition coefficient (Wildman–Crippen LogP) is 2.08. The maximum atomic E-state index is 8.83. The van der Waals surface area contributed by atoms with Crippen molar-refractivity contribution in [3.05, 3.63) is 42.4 Å². The summed E-state index contributed by atoms with van der Waals surface area (Å²) in [6.07, 6.45) is 4.98. The van der Waals surface area contributed by atoms with Gasteiger partial charge < -0.3 is 5.73 Å². The number of anilines is 1. The number of nitrogens with two attached hydrogens (primary N) is 1. The van der Waals surface area contributed by atoms with Gasteiger partial charge in [0.2, 0.25) is 0 Å². The first-order chi connectivity index (χ1) is 7.81. The van der Waals surface area contributed by atoms with Crippen molar-refractivity contribution in [2.75, 3.05) is 5.73 Å². The van der Waals surface area contributed by atoms with Crippen LogP contribution in [0.4, 0.5) is 5.69 Å². The number of aromatic nitrogens is 2. The van der Waals surface area contributed by atoms with E-state index in [1.54, 1.807) is 24.7 Å². The molecule has 0 saturated carbocycles. The molecule has 0 unspecified atom stereocenters. The average Bonchev–Trinajstić information content (AvgIpc) is 2.33. The highest BCUT2D eigenvalue weighted by Gasteiger charge is 2.07. The Bertz CT molecular complexity index is 533. The molecule has 0 radical (unpaired) electrons. The molecule has 2 heterocycles. The fourth-order valence-corrected chi connectivity index (χ4v) is 1.97. The van der Waals surface area contributed by atoms with Gasteiger partial charge in [-0.1, -0.05) is 11.8 Å². The van der Waals surface area contributed by atoms with Crippen LogP contribution in [0.3, 0.4) is 0 Å². The molecule has 78 valence electrons. The molecule has 2 aromatic heterocycles. The molecule has 5 heteroatoms. The van der Waals surface area contributed by atoms with Gasteiger partial charge in [-0.3, -0.25) is 4.98 Å². The maximum absolute atomic E-state index is 8.83. The molecule has 0 aliphatic carbocycles.